The van der Waals surface area contributed by atoms with Crippen molar-refractivity contribution >= 4 is 39.8 Å². The molecule has 0 saturated carbocycles. The van der Waals surface area contributed by atoms with Crippen LogP contribution >= 0.6 is 27.7 Å². The normalized spacial score (nSPS) is 12.4. The quantitative estimate of drug-likeness (QED) is 0.281. The van der Waals surface area contributed by atoms with Gasteiger partial charge < -0.3 is 19.9 Å². The Bertz CT molecular complexity index is 1080. The van der Waals surface area contributed by atoms with Crippen molar-refractivity contribution in [3.63, 3.8) is 0 Å². The summed E-state index contributed by atoms with van der Waals surface area (Å²) in [4.78, 5) is 24.7. The van der Waals surface area contributed by atoms with Gasteiger partial charge in [-0.3, -0.25) is 0 Å². The zero-order valence-corrected chi connectivity index (χ0v) is 21.8. The van der Waals surface area contributed by atoms with Crippen LogP contribution in [0.4, 0.5) is 4.79 Å². The van der Waals surface area contributed by atoms with Crippen LogP contribution in [-0.4, -0.2) is 35.6 Å². The molecule has 0 radical (unpaired) electrons. The number of nitrogens with one attached hydrogen (secondary N) is 1. The summed E-state index contributed by atoms with van der Waals surface area (Å²) in [7, 11) is 1.61. The SMILES string of the molecule is COc1ccc(CSC(CCc2ccc(Br)cc2)C(NC(=O)OCc2ccccc2)C(=O)O)cc1. The van der Waals surface area contributed by atoms with Crippen LogP contribution in [0.3, 0.4) is 0 Å². The van der Waals surface area contributed by atoms with Gasteiger partial charge in [0.25, 0.3) is 0 Å². The first kappa shape index (κ1) is 26.6. The van der Waals surface area contributed by atoms with Gasteiger partial charge >= 0.3 is 12.1 Å². The number of carboxylic acid groups (broad SMARTS) is 1. The number of carbonyl (C=O) groups is 2. The molecule has 3 aromatic carbocycles. The lowest BCUT2D eigenvalue weighted by molar-refractivity contribution is -0.139. The van der Waals surface area contributed by atoms with E-state index in [1.807, 2.05) is 78.9 Å². The highest BCUT2D eigenvalue weighted by molar-refractivity contribution is 9.10. The molecule has 0 saturated heterocycles. The number of halogens is 1. The summed E-state index contributed by atoms with van der Waals surface area (Å²) in [6.07, 6.45) is 0.496. The monoisotopic (exact) mass is 557 g/mol. The average molecular weight is 558 g/mol. The molecule has 0 heterocycles. The Hall–Kier alpha value is -2.97. The Kier molecular flexibility index (Phi) is 10.5. The highest BCUT2D eigenvalue weighted by Gasteiger charge is 2.30. The Morgan fingerprint density at radius 2 is 1.60 bits per heavy atom. The van der Waals surface area contributed by atoms with Crippen molar-refractivity contribution in [2.45, 2.75) is 36.5 Å². The average Bonchev–Trinajstić information content (AvgIpc) is 2.88. The first-order chi connectivity index (χ1) is 16.9. The van der Waals surface area contributed by atoms with Crippen LogP contribution in [-0.2, 0) is 28.3 Å². The molecule has 0 spiro atoms. The third-order valence-corrected chi connectivity index (χ3v) is 7.34. The molecule has 0 aliphatic rings. The molecular weight excluding hydrogens is 530 g/mol. The standard InChI is InChI=1S/C27H28BrNO5S/c1-33-23-14-9-21(10-15-23)18-35-24(16-11-19-7-12-22(28)13-8-19)25(26(30)31)29-27(32)34-17-20-5-3-2-4-6-20/h2-10,12-15,24-25H,11,16-18H2,1H3,(H,29,32)(H,30,31). The number of hydrogen-bond donors (Lipinski definition) is 2. The van der Waals surface area contributed by atoms with Gasteiger partial charge in [-0.25, -0.2) is 9.59 Å². The second-order valence-electron chi connectivity index (χ2n) is 7.88. The van der Waals surface area contributed by atoms with Gasteiger partial charge in [-0.1, -0.05) is 70.5 Å². The van der Waals surface area contributed by atoms with Gasteiger partial charge in [0.2, 0.25) is 0 Å². The maximum absolute atomic E-state index is 12.5. The number of amides is 1. The lowest BCUT2D eigenvalue weighted by Crippen LogP contribution is -2.48. The number of alkyl carbamates (subject to hydrolysis) is 1. The van der Waals surface area contributed by atoms with Gasteiger partial charge in [-0.15, -0.1) is 0 Å². The van der Waals surface area contributed by atoms with Crippen LogP contribution in [0.15, 0.2) is 83.3 Å². The topological polar surface area (TPSA) is 84.9 Å². The minimum atomic E-state index is -1.10. The number of carbonyl (C=O) groups excluding carboxylic acids is 1. The van der Waals surface area contributed by atoms with E-state index in [1.165, 1.54) is 11.8 Å². The van der Waals surface area contributed by atoms with Crippen molar-refractivity contribution in [2.75, 3.05) is 7.11 Å². The van der Waals surface area contributed by atoms with Crippen molar-refractivity contribution in [3.05, 3.63) is 100 Å². The zero-order chi connectivity index (χ0) is 25.0. The summed E-state index contributed by atoms with van der Waals surface area (Å²) in [5.74, 6) is 0.265. The molecule has 0 fully saturated rings. The van der Waals surface area contributed by atoms with Gasteiger partial charge in [-0.2, -0.15) is 11.8 Å². The number of hydrogen-bond acceptors (Lipinski definition) is 5. The molecule has 184 valence electrons. The summed E-state index contributed by atoms with van der Waals surface area (Å²) in [6.45, 7) is 0.0710. The van der Waals surface area contributed by atoms with E-state index in [0.29, 0.717) is 18.6 Å². The van der Waals surface area contributed by atoms with Crippen LogP contribution in [0.5, 0.6) is 5.75 Å². The molecule has 2 N–H and O–H groups in total. The third-order valence-electron chi connectivity index (χ3n) is 5.38. The van der Waals surface area contributed by atoms with E-state index in [4.69, 9.17) is 9.47 Å². The summed E-state index contributed by atoms with van der Waals surface area (Å²) in [5.41, 5.74) is 2.97. The Morgan fingerprint density at radius 1 is 0.943 bits per heavy atom. The van der Waals surface area contributed by atoms with Crippen LogP contribution in [0.2, 0.25) is 0 Å². The fourth-order valence-electron chi connectivity index (χ4n) is 3.44. The number of rotatable bonds is 12. The fraction of sp³-hybridized carbons (Fsp3) is 0.259. The molecule has 3 rings (SSSR count). The number of aryl methyl sites for hydroxylation is 1. The summed E-state index contributed by atoms with van der Waals surface area (Å²) in [6, 6.07) is 23.8. The van der Waals surface area contributed by atoms with Crippen LogP contribution in [0.1, 0.15) is 23.1 Å². The smallest absolute Gasteiger partial charge is 0.408 e. The van der Waals surface area contributed by atoms with Crippen LogP contribution < -0.4 is 10.1 Å². The van der Waals surface area contributed by atoms with Crippen molar-refractivity contribution in [2.24, 2.45) is 0 Å². The van der Waals surface area contributed by atoms with Crippen molar-refractivity contribution in [1.82, 2.24) is 5.32 Å². The largest absolute Gasteiger partial charge is 0.497 e. The Morgan fingerprint density at radius 3 is 2.23 bits per heavy atom. The maximum atomic E-state index is 12.5. The second-order valence-corrected chi connectivity index (χ2v) is 10.0. The summed E-state index contributed by atoms with van der Waals surface area (Å²) < 4.78 is 11.5. The molecule has 0 aliphatic carbocycles. The lowest BCUT2D eigenvalue weighted by Gasteiger charge is -2.24. The Balaban J connectivity index is 1.68. The summed E-state index contributed by atoms with van der Waals surface area (Å²) in [5, 5.41) is 12.2. The van der Waals surface area contributed by atoms with E-state index in [0.717, 1.165) is 26.9 Å². The van der Waals surface area contributed by atoms with Crippen LogP contribution in [0, 0.1) is 0 Å². The fourth-order valence-corrected chi connectivity index (χ4v) is 4.96. The summed E-state index contributed by atoms with van der Waals surface area (Å²) >= 11 is 4.94. The van der Waals surface area contributed by atoms with E-state index >= 15 is 0 Å². The van der Waals surface area contributed by atoms with E-state index < -0.39 is 18.1 Å². The molecule has 2 atom stereocenters. The van der Waals surface area contributed by atoms with E-state index in [9.17, 15) is 14.7 Å². The molecule has 1 amide bonds. The van der Waals surface area contributed by atoms with Gasteiger partial charge in [0.1, 0.15) is 18.4 Å². The first-order valence-electron chi connectivity index (χ1n) is 11.1. The highest BCUT2D eigenvalue weighted by atomic mass is 79.9. The lowest BCUT2D eigenvalue weighted by atomic mass is 10.0. The molecule has 2 unspecified atom stereocenters. The molecule has 8 heteroatoms. The van der Waals surface area contributed by atoms with Gasteiger partial charge in [0, 0.05) is 15.5 Å². The highest BCUT2D eigenvalue weighted by Crippen LogP contribution is 2.27. The molecular formula is C27H28BrNO5S. The number of carboxylic acids is 1. The van der Waals surface area contributed by atoms with Crippen molar-refractivity contribution < 1.29 is 24.2 Å². The predicted octanol–water partition coefficient (Wildman–Crippen LogP) is 6.07. The number of thioether (sulfide) groups is 1. The second kappa shape index (κ2) is 13.8. The maximum Gasteiger partial charge on any atom is 0.408 e. The van der Waals surface area contributed by atoms with Gasteiger partial charge in [0.05, 0.1) is 7.11 Å². The van der Waals surface area contributed by atoms with Crippen LogP contribution in [0.25, 0.3) is 0 Å². The number of methoxy groups -OCH3 is 1. The molecule has 0 aliphatic heterocycles. The van der Waals surface area contributed by atoms with Gasteiger partial charge in [0.15, 0.2) is 0 Å². The zero-order valence-electron chi connectivity index (χ0n) is 19.4. The number of aliphatic carboxylic acids is 1. The molecule has 35 heavy (non-hydrogen) atoms. The molecule has 6 nitrogen and oxygen atoms in total. The predicted molar refractivity (Wildman–Crippen MR) is 142 cm³/mol. The molecule has 0 aromatic heterocycles. The number of ether oxygens (including phenoxy) is 2. The van der Waals surface area contributed by atoms with Gasteiger partial charge in [-0.05, 0) is 53.8 Å². The van der Waals surface area contributed by atoms with Crippen molar-refractivity contribution in [1.29, 1.82) is 0 Å². The minimum Gasteiger partial charge on any atom is -0.497 e. The number of benzene rings is 3. The third kappa shape index (κ3) is 8.96. The van der Waals surface area contributed by atoms with E-state index in [2.05, 4.69) is 21.2 Å². The van der Waals surface area contributed by atoms with Crippen molar-refractivity contribution in [3.8, 4) is 5.75 Å². The molecule has 0 bridgehead atoms. The van der Waals surface area contributed by atoms with E-state index in [1.54, 1.807) is 7.11 Å². The van der Waals surface area contributed by atoms with E-state index in [-0.39, 0.29) is 11.9 Å². The minimum absolute atomic E-state index is 0.0710. The molecule has 3 aromatic rings. The first-order valence-corrected chi connectivity index (χ1v) is 13.0. The Labute approximate surface area is 218 Å².